The van der Waals surface area contributed by atoms with Crippen LogP contribution in [0.1, 0.15) is 85.5 Å². The predicted octanol–water partition coefficient (Wildman–Crippen LogP) is 4.68. The maximum Gasteiger partial charge on any atom is 0.0849 e. The molecule has 7 atom stereocenters. The second-order valence-corrected chi connectivity index (χ2v) is 11.4. The molecule has 3 aliphatic rings. The van der Waals surface area contributed by atoms with Gasteiger partial charge >= 0.3 is 0 Å². The third-order valence-electron chi connectivity index (χ3n) is 8.70. The molecule has 0 radical (unpaired) electrons. The monoisotopic (exact) mass is 432 g/mol. The molecule has 0 amide bonds. The largest absolute Gasteiger partial charge is 0.393 e. The molecule has 0 bridgehead atoms. The highest BCUT2D eigenvalue weighted by Crippen LogP contribution is 2.60. The molecule has 0 aromatic heterocycles. The van der Waals surface area contributed by atoms with Crippen LogP contribution in [0.3, 0.4) is 0 Å². The van der Waals surface area contributed by atoms with Gasteiger partial charge in [-0.2, -0.15) is 0 Å². The minimum Gasteiger partial charge on any atom is -0.393 e. The van der Waals surface area contributed by atoms with Crippen molar-refractivity contribution < 1.29 is 20.4 Å². The van der Waals surface area contributed by atoms with Crippen LogP contribution in [0.25, 0.3) is 0 Å². The molecule has 3 rings (SSSR count). The third-order valence-corrected chi connectivity index (χ3v) is 8.70. The molecule has 4 heteroatoms. The fraction of sp³-hybridized carbons (Fsp3) is 0.778. The molecule has 4 N–H and O–H groups in total. The number of hydrogen-bond donors (Lipinski definition) is 4. The first kappa shape index (κ1) is 24.7. The molecule has 31 heavy (non-hydrogen) atoms. The van der Waals surface area contributed by atoms with Crippen LogP contribution in [-0.4, -0.2) is 44.3 Å². The Hall–Kier alpha value is -0.940. The van der Waals surface area contributed by atoms with E-state index in [0.29, 0.717) is 37.0 Å². The van der Waals surface area contributed by atoms with Crippen molar-refractivity contribution in [3.63, 3.8) is 0 Å². The van der Waals surface area contributed by atoms with E-state index < -0.39 is 23.9 Å². The minimum atomic E-state index is -1.04. The van der Waals surface area contributed by atoms with Crippen LogP contribution in [0.2, 0.25) is 0 Å². The van der Waals surface area contributed by atoms with Crippen LogP contribution in [0.5, 0.6) is 0 Å². The van der Waals surface area contributed by atoms with E-state index in [1.54, 1.807) is 13.8 Å². The van der Waals surface area contributed by atoms with Gasteiger partial charge in [0.25, 0.3) is 0 Å². The van der Waals surface area contributed by atoms with Gasteiger partial charge in [0, 0.05) is 6.42 Å². The standard InChI is InChI=1S/C27H44O4/c1-17(8-13-25(30)26(3,4)31)22-11-12-23-19(7-6-14-27(22,23)5)9-10-20-15-21(28)16-24(29)18(20)2/h9-10,17,21-25,28-31H,2,6-8,11-16H2,1,3-5H3/b19-9-,20-10-/t17-,21-,22-,23-,24-,25-,27-/m1/s1. The number of aliphatic hydroxyl groups excluding tert-OH is 3. The molecule has 0 unspecified atom stereocenters. The average Bonchev–Trinajstić information content (AvgIpc) is 3.04. The summed E-state index contributed by atoms with van der Waals surface area (Å²) in [5.41, 5.74) is 2.48. The van der Waals surface area contributed by atoms with Crippen LogP contribution in [0.4, 0.5) is 0 Å². The highest BCUT2D eigenvalue weighted by Gasteiger charge is 2.50. The smallest absolute Gasteiger partial charge is 0.0849 e. The molecular formula is C27H44O4. The summed E-state index contributed by atoms with van der Waals surface area (Å²) in [6, 6.07) is 0. The lowest BCUT2D eigenvalue weighted by Gasteiger charge is -2.44. The van der Waals surface area contributed by atoms with Crippen molar-refractivity contribution in [2.45, 2.75) is 109 Å². The summed E-state index contributed by atoms with van der Waals surface area (Å²) >= 11 is 0. The predicted molar refractivity (Wildman–Crippen MR) is 125 cm³/mol. The van der Waals surface area contributed by atoms with E-state index in [2.05, 4.69) is 32.6 Å². The zero-order valence-electron chi connectivity index (χ0n) is 20.0. The summed E-state index contributed by atoms with van der Waals surface area (Å²) in [6.07, 6.45) is 11.1. The van der Waals surface area contributed by atoms with Crippen molar-refractivity contribution in [2.24, 2.45) is 23.2 Å². The summed E-state index contributed by atoms with van der Waals surface area (Å²) in [7, 11) is 0. The van der Waals surface area contributed by atoms with Crippen molar-refractivity contribution in [1.29, 1.82) is 0 Å². The lowest BCUT2D eigenvalue weighted by Crippen LogP contribution is -2.38. The third kappa shape index (κ3) is 5.35. The van der Waals surface area contributed by atoms with E-state index in [-0.39, 0.29) is 5.41 Å². The summed E-state index contributed by atoms with van der Waals surface area (Å²) in [5.74, 6) is 1.74. The van der Waals surface area contributed by atoms with Crippen LogP contribution in [0, 0.1) is 23.2 Å². The summed E-state index contributed by atoms with van der Waals surface area (Å²) in [5, 5.41) is 40.5. The molecule has 3 saturated carbocycles. The molecule has 0 aromatic rings. The molecule has 0 saturated heterocycles. The number of allylic oxidation sites excluding steroid dienone is 3. The van der Waals surface area contributed by atoms with Gasteiger partial charge in [-0.25, -0.2) is 0 Å². The van der Waals surface area contributed by atoms with Crippen molar-refractivity contribution in [2.75, 3.05) is 0 Å². The van der Waals surface area contributed by atoms with E-state index in [1.165, 1.54) is 31.3 Å². The number of hydrogen-bond acceptors (Lipinski definition) is 4. The molecule has 0 spiro atoms. The van der Waals surface area contributed by atoms with Crippen molar-refractivity contribution in [3.05, 3.63) is 35.5 Å². The maximum absolute atomic E-state index is 10.3. The highest BCUT2D eigenvalue weighted by molar-refractivity contribution is 5.38. The zero-order valence-corrected chi connectivity index (χ0v) is 20.0. The summed E-state index contributed by atoms with van der Waals surface area (Å²) in [4.78, 5) is 0. The van der Waals surface area contributed by atoms with Crippen LogP contribution >= 0.6 is 0 Å². The van der Waals surface area contributed by atoms with E-state index in [0.717, 1.165) is 24.0 Å². The molecule has 0 aliphatic heterocycles. The Labute approximate surface area is 188 Å². The van der Waals surface area contributed by atoms with E-state index >= 15 is 0 Å². The van der Waals surface area contributed by atoms with Gasteiger partial charge in [-0.15, -0.1) is 0 Å². The second kappa shape index (κ2) is 9.51. The first-order valence-electron chi connectivity index (χ1n) is 12.3. The average molecular weight is 433 g/mol. The summed E-state index contributed by atoms with van der Waals surface area (Å²) in [6.45, 7) is 12.2. The van der Waals surface area contributed by atoms with Crippen molar-refractivity contribution in [1.82, 2.24) is 0 Å². The highest BCUT2D eigenvalue weighted by atomic mass is 16.3. The Morgan fingerprint density at radius 1 is 1.19 bits per heavy atom. The molecule has 176 valence electrons. The molecule has 0 aromatic carbocycles. The Morgan fingerprint density at radius 2 is 1.90 bits per heavy atom. The Kier molecular flexibility index (Phi) is 7.57. The van der Waals surface area contributed by atoms with Crippen molar-refractivity contribution in [3.8, 4) is 0 Å². The second-order valence-electron chi connectivity index (χ2n) is 11.4. The van der Waals surface area contributed by atoms with Crippen molar-refractivity contribution >= 4 is 0 Å². The molecule has 4 nitrogen and oxygen atoms in total. The Balaban J connectivity index is 1.71. The topological polar surface area (TPSA) is 80.9 Å². The van der Waals surface area contributed by atoms with Gasteiger partial charge in [0.05, 0.1) is 23.9 Å². The lowest BCUT2D eigenvalue weighted by atomic mass is 9.60. The number of rotatable bonds is 6. The molecule has 0 heterocycles. The normalized spacial score (nSPS) is 39.0. The maximum atomic E-state index is 10.3. The first-order valence-corrected chi connectivity index (χ1v) is 12.3. The van der Waals surface area contributed by atoms with E-state index in [9.17, 15) is 20.4 Å². The first-order chi connectivity index (χ1) is 14.4. The van der Waals surface area contributed by atoms with Gasteiger partial charge in [-0.3, -0.25) is 0 Å². The quantitative estimate of drug-likeness (QED) is 0.491. The Morgan fingerprint density at radius 3 is 2.58 bits per heavy atom. The van der Waals surface area contributed by atoms with Crippen LogP contribution in [-0.2, 0) is 0 Å². The molecule has 3 fully saturated rings. The van der Waals surface area contributed by atoms with Gasteiger partial charge < -0.3 is 20.4 Å². The van der Waals surface area contributed by atoms with Gasteiger partial charge in [-0.05, 0) is 99.5 Å². The molecule has 3 aliphatic carbocycles. The van der Waals surface area contributed by atoms with Gasteiger partial charge in [0.15, 0.2) is 0 Å². The van der Waals surface area contributed by atoms with E-state index in [1.807, 2.05) is 0 Å². The fourth-order valence-corrected chi connectivity index (χ4v) is 6.65. The number of aliphatic hydroxyl groups is 4. The summed E-state index contributed by atoms with van der Waals surface area (Å²) < 4.78 is 0. The van der Waals surface area contributed by atoms with Gasteiger partial charge in [-0.1, -0.05) is 38.2 Å². The van der Waals surface area contributed by atoms with Crippen LogP contribution < -0.4 is 0 Å². The molecular weight excluding hydrogens is 388 g/mol. The SMILES string of the molecule is C=C1/C(=C\C=C2\CCC[C@@]3(C)[C@@H]2CC[C@@H]3[C@H](C)CC[C@@H](O)C(C)(C)O)C[C@@H](O)C[C@H]1O. The number of fused-ring (bicyclic) bond motifs is 1. The van der Waals surface area contributed by atoms with Gasteiger partial charge in [0.2, 0.25) is 0 Å². The Bertz CT molecular complexity index is 715. The van der Waals surface area contributed by atoms with Gasteiger partial charge in [0.1, 0.15) is 0 Å². The lowest BCUT2D eigenvalue weighted by molar-refractivity contribution is -0.0554. The van der Waals surface area contributed by atoms with Crippen LogP contribution in [0.15, 0.2) is 35.5 Å². The zero-order chi connectivity index (χ0) is 23.0. The fourth-order valence-electron chi connectivity index (χ4n) is 6.65. The van der Waals surface area contributed by atoms with E-state index in [4.69, 9.17) is 0 Å². The minimum absolute atomic E-state index is 0.282.